The smallest absolute Gasteiger partial charge is 0.337 e. The maximum Gasteiger partial charge on any atom is 0.337 e. The number of nitrogens with zero attached hydrogens (tertiary/aromatic N) is 1. The predicted molar refractivity (Wildman–Crippen MR) is 126 cm³/mol. The lowest BCUT2D eigenvalue weighted by Gasteiger charge is -2.11. The van der Waals surface area contributed by atoms with E-state index in [4.69, 9.17) is 9.47 Å². The highest BCUT2D eigenvalue weighted by Crippen LogP contribution is 2.28. The number of hydrogen-bond acceptors (Lipinski definition) is 4. The lowest BCUT2D eigenvalue weighted by molar-refractivity contribution is 0.0694. The largest absolute Gasteiger partial charge is 0.493 e. The molecule has 0 bridgehead atoms. The Morgan fingerprint density at radius 2 is 1.59 bits per heavy atom. The summed E-state index contributed by atoms with van der Waals surface area (Å²) < 4.78 is 12.8. The van der Waals surface area contributed by atoms with Crippen LogP contribution in [0, 0.1) is 20.8 Å². The van der Waals surface area contributed by atoms with Crippen molar-refractivity contribution in [2.24, 2.45) is 0 Å². The highest BCUT2D eigenvalue weighted by atomic mass is 16.5. The van der Waals surface area contributed by atoms with Crippen molar-refractivity contribution in [3.8, 4) is 11.5 Å². The van der Waals surface area contributed by atoms with Crippen LogP contribution in [0.5, 0.6) is 11.5 Å². The number of carbonyl (C=O) groups is 1. The predicted octanol–water partition coefficient (Wildman–Crippen LogP) is 4.51. The van der Waals surface area contributed by atoms with E-state index >= 15 is 0 Å². The Bertz CT molecular complexity index is 1080. The first kappa shape index (κ1) is 23.4. The average Bonchev–Trinajstić information content (AvgIpc) is 3.02. The van der Waals surface area contributed by atoms with Gasteiger partial charge < -0.3 is 24.5 Å². The summed E-state index contributed by atoms with van der Waals surface area (Å²) in [4.78, 5) is 12.0. The van der Waals surface area contributed by atoms with Crippen molar-refractivity contribution in [2.45, 2.75) is 40.3 Å². The molecule has 0 atom stereocenters. The third-order valence-electron chi connectivity index (χ3n) is 5.93. The Morgan fingerprint density at radius 1 is 0.938 bits per heavy atom. The van der Waals surface area contributed by atoms with Crippen LogP contribution in [0.3, 0.4) is 0 Å². The summed E-state index contributed by atoms with van der Waals surface area (Å²) in [6, 6.07) is 14.2. The summed E-state index contributed by atoms with van der Waals surface area (Å²) in [7, 11) is 3.24. The second kappa shape index (κ2) is 10.4. The molecular formula is C26H32N2O4. The Kier molecular flexibility index (Phi) is 7.59. The SMILES string of the molecule is COc1ccc(CCNCc2c(C(=O)O)c(C)n(Cc3ccc(C)cc3)c2C)cc1OC. The summed E-state index contributed by atoms with van der Waals surface area (Å²) in [6.07, 6.45) is 0.796. The molecule has 0 saturated carbocycles. The van der Waals surface area contributed by atoms with Gasteiger partial charge in [-0.1, -0.05) is 35.9 Å². The summed E-state index contributed by atoms with van der Waals surface area (Å²) in [6.45, 7) is 7.82. The normalized spacial score (nSPS) is 10.9. The number of benzene rings is 2. The molecule has 6 nitrogen and oxygen atoms in total. The minimum absolute atomic E-state index is 0.397. The Balaban J connectivity index is 1.72. The third-order valence-corrected chi connectivity index (χ3v) is 5.93. The zero-order valence-corrected chi connectivity index (χ0v) is 19.5. The summed E-state index contributed by atoms with van der Waals surface area (Å²) in [5.41, 5.74) is 6.49. The molecule has 32 heavy (non-hydrogen) atoms. The fourth-order valence-corrected chi connectivity index (χ4v) is 4.04. The first-order valence-electron chi connectivity index (χ1n) is 10.7. The molecule has 0 amide bonds. The first-order valence-corrected chi connectivity index (χ1v) is 10.7. The van der Waals surface area contributed by atoms with E-state index in [-0.39, 0.29) is 0 Å². The fraction of sp³-hybridized carbons (Fsp3) is 0.346. The highest BCUT2D eigenvalue weighted by Gasteiger charge is 2.22. The van der Waals surface area contributed by atoms with Gasteiger partial charge in [-0.25, -0.2) is 4.79 Å². The second-order valence-electron chi connectivity index (χ2n) is 8.02. The van der Waals surface area contributed by atoms with Gasteiger partial charge >= 0.3 is 5.97 Å². The van der Waals surface area contributed by atoms with Crippen molar-refractivity contribution in [1.29, 1.82) is 0 Å². The number of methoxy groups -OCH3 is 2. The monoisotopic (exact) mass is 436 g/mol. The molecule has 0 spiro atoms. The van der Waals surface area contributed by atoms with Gasteiger partial charge in [-0.2, -0.15) is 0 Å². The van der Waals surface area contributed by atoms with Crippen molar-refractivity contribution >= 4 is 5.97 Å². The van der Waals surface area contributed by atoms with Crippen molar-refractivity contribution in [3.05, 3.63) is 81.7 Å². The van der Waals surface area contributed by atoms with Crippen molar-refractivity contribution in [2.75, 3.05) is 20.8 Å². The van der Waals surface area contributed by atoms with Gasteiger partial charge in [0.05, 0.1) is 19.8 Å². The van der Waals surface area contributed by atoms with E-state index in [1.165, 1.54) is 5.56 Å². The highest BCUT2D eigenvalue weighted by molar-refractivity contribution is 5.91. The molecule has 2 N–H and O–H groups in total. The molecule has 0 aliphatic carbocycles. The molecule has 0 fully saturated rings. The number of aromatic nitrogens is 1. The van der Waals surface area contributed by atoms with Crippen molar-refractivity contribution in [3.63, 3.8) is 0 Å². The quantitative estimate of drug-likeness (QED) is 0.458. The zero-order valence-electron chi connectivity index (χ0n) is 19.5. The number of rotatable bonds is 10. The topological polar surface area (TPSA) is 72.7 Å². The molecule has 1 aromatic heterocycles. The fourth-order valence-electron chi connectivity index (χ4n) is 4.04. The van der Waals surface area contributed by atoms with E-state index < -0.39 is 5.97 Å². The molecule has 0 unspecified atom stereocenters. The van der Waals surface area contributed by atoms with E-state index in [0.29, 0.717) is 30.2 Å². The Labute approximate surface area is 189 Å². The maximum atomic E-state index is 12.0. The van der Waals surface area contributed by atoms with E-state index in [9.17, 15) is 9.90 Å². The van der Waals surface area contributed by atoms with Crippen LogP contribution in [-0.2, 0) is 19.5 Å². The number of carboxylic acids is 1. The number of carboxylic acid groups (broad SMARTS) is 1. The minimum Gasteiger partial charge on any atom is -0.493 e. The van der Waals surface area contributed by atoms with Gasteiger partial charge in [-0.15, -0.1) is 0 Å². The number of nitrogens with one attached hydrogen (secondary N) is 1. The van der Waals surface area contributed by atoms with E-state index in [1.807, 2.05) is 32.0 Å². The molecule has 0 saturated heterocycles. The minimum atomic E-state index is -0.884. The van der Waals surface area contributed by atoms with Gasteiger partial charge in [-0.3, -0.25) is 0 Å². The van der Waals surface area contributed by atoms with Gasteiger partial charge in [0.25, 0.3) is 0 Å². The summed E-state index contributed by atoms with van der Waals surface area (Å²) in [5.74, 6) is 0.527. The van der Waals surface area contributed by atoms with Gasteiger partial charge in [0.2, 0.25) is 0 Å². The van der Waals surface area contributed by atoms with Crippen LogP contribution in [0.2, 0.25) is 0 Å². The van der Waals surface area contributed by atoms with Gasteiger partial charge in [-0.05, 0) is 57.0 Å². The molecule has 0 aliphatic heterocycles. The number of aromatic carboxylic acids is 1. The van der Waals surface area contributed by atoms with Crippen molar-refractivity contribution in [1.82, 2.24) is 9.88 Å². The van der Waals surface area contributed by atoms with E-state index in [1.54, 1.807) is 14.2 Å². The van der Waals surface area contributed by atoms with Crippen LogP contribution >= 0.6 is 0 Å². The molecule has 3 aromatic rings. The second-order valence-corrected chi connectivity index (χ2v) is 8.02. The molecule has 6 heteroatoms. The Hall–Kier alpha value is -3.25. The lowest BCUT2D eigenvalue weighted by atomic mass is 10.1. The molecule has 0 aliphatic rings. The van der Waals surface area contributed by atoms with Crippen LogP contribution in [0.1, 0.15) is 44.0 Å². The van der Waals surface area contributed by atoms with Crippen LogP contribution in [0.4, 0.5) is 0 Å². The summed E-state index contributed by atoms with van der Waals surface area (Å²) in [5, 5.41) is 13.3. The molecular weight excluding hydrogens is 404 g/mol. The van der Waals surface area contributed by atoms with Gasteiger partial charge in [0, 0.05) is 30.0 Å². The summed E-state index contributed by atoms with van der Waals surface area (Å²) >= 11 is 0. The standard InChI is InChI=1S/C26H32N2O4/c1-17-6-8-21(9-7-17)16-28-18(2)22(25(19(28)3)26(29)30)15-27-13-12-20-10-11-23(31-4)24(14-20)32-5/h6-11,14,27H,12-13,15-16H2,1-5H3,(H,29,30). The third kappa shape index (κ3) is 5.14. The number of ether oxygens (including phenoxy) is 2. The molecule has 0 radical (unpaired) electrons. The average molecular weight is 437 g/mol. The Morgan fingerprint density at radius 3 is 2.22 bits per heavy atom. The molecule has 2 aromatic carbocycles. The number of aryl methyl sites for hydroxylation is 1. The molecule has 170 valence electrons. The first-order chi connectivity index (χ1) is 15.3. The zero-order chi connectivity index (χ0) is 23.3. The maximum absolute atomic E-state index is 12.0. The number of hydrogen-bond donors (Lipinski definition) is 2. The van der Waals surface area contributed by atoms with Crippen LogP contribution < -0.4 is 14.8 Å². The van der Waals surface area contributed by atoms with E-state index in [0.717, 1.165) is 41.0 Å². The lowest BCUT2D eigenvalue weighted by Crippen LogP contribution is -2.18. The van der Waals surface area contributed by atoms with E-state index in [2.05, 4.69) is 41.1 Å². The van der Waals surface area contributed by atoms with Crippen LogP contribution in [-0.4, -0.2) is 36.4 Å². The van der Waals surface area contributed by atoms with Crippen LogP contribution in [0.15, 0.2) is 42.5 Å². The van der Waals surface area contributed by atoms with Crippen LogP contribution in [0.25, 0.3) is 0 Å². The molecule has 3 rings (SSSR count). The van der Waals surface area contributed by atoms with Gasteiger partial charge in [0.15, 0.2) is 11.5 Å². The van der Waals surface area contributed by atoms with Crippen molar-refractivity contribution < 1.29 is 19.4 Å². The molecule has 1 heterocycles. The van der Waals surface area contributed by atoms with Gasteiger partial charge in [0.1, 0.15) is 0 Å².